The van der Waals surface area contributed by atoms with E-state index < -0.39 is 17.8 Å². The normalized spacial score (nSPS) is 14.2. The molecule has 0 unspecified atom stereocenters. The minimum absolute atomic E-state index is 0.0766. The minimum Gasteiger partial charge on any atom is -0.481 e. The number of hydrogen-bond donors (Lipinski definition) is 2. The van der Waals surface area contributed by atoms with E-state index in [4.69, 9.17) is 5.11 Å². The highest BCUT2D eigenvalue weighted by molar-refractivity contribution is 9.10. The number of thioether (sulfide) groups is 1. The van der Waals surface area contributed by atoms with Crippen molar-refractivity contribution in [1.29, 1.82) is 0 Å². The van der Waals surface area contributed by atoms with Crippen molar-refractivity contribution < 1.29 is 19.1 Å². The lowest BCUT2D eigenvalue weighted by Crippen LogP contribution is -2.39. The van der Waals surface area contributed by atoms with E-state index in [0.717, 1.165) is 43.0 Å². The van der Waals surface area contributed by atoms with Gasteiger partial charge in [0.1, 0.15) is 5.82 Å². The molecule has 0 bridgehead atoms. The van der Waals surface area contributed by atoms with E-state index in [0.29, 0.717) is 26.3 Å². The number of aliphatic carboxylic acids is 1. The second-order valence-corrected chi connectivity index (χ2v) is 10.1. The first-order valence-corrected chi connectivity index (χ1v) is 11.8. The second-order valence-electron chi connectivity index (χ2n) is 6.91. The van der Waals surface area contributed by atoms with Crippen molar-refractivity contribution in [1.82, 2.24) is 4.98 Å². The Labute approximate surface area is 185 Å². The summed E-state index contributed by atoms with van der Waals surface area (Å²) >= 11 is 5.66. The molecule has 0 radical (unpaired) electrons. The van der Waals surface area contributed by atoms with Crippen LogP contribution in [0.5, 0.6) is 0 Å². The second kappa shape index (κ2) is 9.90. The van der Waals surface area contributed by atoms with E-state index in [2.05, 4.69) is 26.2 Å². The SMILES string of the molecule is Cc1cc(N(CC2CCCC2)C(=O)Nc2ncc(SCC(=O)O)s2)c(F)cc1Br. The van der Waals surface area contributed by atoms with Gasteiger partial charge in [0.25, 0.3) is 0 Å². The van der Waals surface area contributed by atoms with Crippen molar-refractivity contribution >= 4 is 61.8 Å². The van der Waals surface area contributed by atoms with Crippen LogP contribution in [0.3, 0.4) is 0 Å². The number of anilines is 2. The van der Waals surface area contributed by atoms with Crippen molar-refractivity contribution in [3.63, 3.8) is 0 Å². The van der Waals surface area contributed by atoms with E-state index in [1.807, 2.05) is 6.92 Å². The van der Waals surface area contributed by atoms with Crippen molar-refractivity contribution in [3.8, 4) is 0 Å². The Morgan fingerprint density at radius 3 is 2.83 bits per heavy atom. The average molecular weight is 502 g/mol. The van der Waals surface area contributed by atoms with Crippen molar-refractivity contribution in [2.24, 2.45) is 5.92 Å². The number of benzene rings is 1. The molecule has 1 aromatic heterocycles. The third-order valence-electron chi connectivity index (χ3n) is 4.72. The van der Waals surface area contributed by atoms with E-state index >= 15 is 0 Å². The van der Waals surface area contributed by atoms with Crippen LogP contribution < -0.4 is 10.2 Å². The molecule has 156 valence electrons. The average Bonchev–Trinajstić information content (AvgIpc) is 3.33. The van der Waals surface area contributed by atoms with Crippen molar-refractivity contribution in [2.45, 2.75) is 36.8 Å². The number of aryl methyl sites for hydroxylation is 1. The molecule has 6 nitrogen and oxygen atoms in total. The molecule has 0 spiro atoms. The lowest BCUT2D eigenvalue weighted by molar-refractivity contribution is -0.133. The number of halogens is 2. The van der Waals surface area contributed by atoms with E-state index in [-0.39, 0.29) is 11.4 Å². The zero-order chi connectivity index (χ0) is 21.0. The molecular weight excluding hydrogens is 481 g/mol. The number of carboxylic acid groups (broad SMARTS) is 1. The Kier molecular flexibility index (Phi) is 7.53. The number of thiazole rings is 1. The monoisotopic (exact) mass is 501 g/mol. The Morgan fingerprint density at radius 2 is 2.14 bits per heavy atom. The number of nitrogens with one attached hydrogen (secondary N) is 1. The first kappa shape index (κ1) is 22.0. The molecule has 3 rings (SSSR count). The first-order chi connectivity index (χ1) is 13.8. The van der Waals surface area contributed by atoms with Gasteiger partial charge in [-0.15, -0.1) is 11.8 Å². The van der Waals surface area contributed by atoms with Gasteiger partial charge in [0.05, 0.1) is 21.8 Å². The summed E-state index contributed by atoms with van der Waals surface area (Å²) in [6.45, 7) is 2.29. The van der Waals surface area contributed by atoms with Crippen LogP contribution in [0.1, 0.15) is 31.2 Å². The van der Waals surface area contributed by atoms with Gasteiger partial charge in [-0.1, -0.05) is 40.1 Å². The molecule has 1 heterocycles. The number of rotatable bonds is 7. The summed E-state index contributed by atoms with van der Waals surface area (Å²) in [5, 5.41) is 11.9. The summed E-state index contributed by atoms with van der Waals surface area (Å²) in [4.78, 5) is 29.3. The highest BCUT2D eigenvalue weighted by atomic mass is 79.9. The molecule has 1 fully saturated rings. The Hall–Kier alpha value is -1.65. The topological polar surface area (TPSA) is 82.5 Å². The first-order valence-electron chi connectivity index (χ1n) is 9.18. The summed E-state index contributed by atoms with van der Waals surface area (Å²) in [5.41, 5.74) is 1.08. The van der Waals surface area contributed by atoms with Crippen LogP contribution in [0, 0.1) is 18.7 Å². The van der Waals surface area contributed by atoms with Crippen LogP contribution in [-0.4, -0.2) is 34.4 Å². The highest BCUT2D eigenvalue weighted by Crippen LogP contribution is 2.33. The number of aromatic nitrogens is 1. The van der Waals surface area contributed by atoms with Gasteiger partial charge in [0, 0.05) is 11.0 Å². The molecule has 10 heteroatoms. The summed E-state index contributed by atoms with van der Waals surface area (Å²) in [7, 11) is 0. The lowest BCUT2D eigenvalue weighted by atomic mass is 10.1. The molecular formula is C19H21BrFN3O3S2. The third kappa shape index (κ3) is 5.93. The van der Waals surface area contributed by atoms with Crippen LogP contribution >= 0.6 is 39.0 Å². The van der Waals surface area contributed by atoms with Crippen LogP contribution in [0.15, 0.2) is 27.0 Å². The molecule has 2 amide bonds. The number of carbonyl (C=O) groups is 2. The van der Waals surface area contributed by atoms with Gasteiger partial charge < -0.3 is 5.11 Å². The maximum atomic E-state index is 14.7. The summed E-state index contributed by atoms with van der Waals surface area (Å²) in [6, 6.07) is 2.61. The van der Waals surface area contributed by atoms with Gasteiger partial charge in [-0.05, 0) is 43.4 Å². The van der Waals surface area contributed by atoms with E-state index in [9.17, 15) is 14.0 Å². The number of carbonyl (C=O) groups excluding carboxylic acids is 1. The number of nitrogens with zero attached hydrogens (tertiary/aromatic N) is 2. The Morgan fingerprint density at radius 1 is 1.41 bits per heavy atom. The highest BCUT2D eigenvalue weighted by Gasteiger charge is 2.26. The van der Waals surface area contributed by atoms with Gasteiger partial charge in [0.15, 0.2) is 5.13 Å². The maximum absolute atomic E-state index is 14.7. The fourth-order valence-corrected chi connectivity index (χ4v) is 5.16. The van der Waals surface area contributed by atoms with Gasteiger partial charge >= 0.3 is 12.0 Å². The summed E-state index contributed by atoms with van der Waals surface area (Å²) in [6.07, 6.45) is 5.82. The summed E-state index contributed by atoms with van der Waals surface area (Å²) < 4.78 is 16.1. The largest absolute Gasteiger partial charge is 0.481 e. The van der Waals surface area contributed by atoms with Gasteiger partial charge in [-0.2, -0.15) is 0 Å². The maximum Gasteiger partial charge on any atom is 0.328 e. The zero-order valence-corrected chi connectivity index (χ0v) is 19.0. The van der Waals surface area contributed by atoms with Crippen LogP contribution in [0.2, 0.25) is 0 Å². The zero-order valence-electron chi connectivity index (χ0n) is 15.8. The van der Waals surface area contributed by atoms with Crippen molar-refractivity contribution in [3.05, 3.63) is 34.2 Å². The van der Waals surface area contributed by atoms with Gasteiger partial charge in [-0.25, -0.2) is 14.2 Å². The van der Waals surface area contributed by atoms with E-state index in [1.165, 1.54) is 28.5 Å². The molecule has 2 aromatic rings. The van der Waals surface area contributed by atoms with Gasteiger partial charge in [-0.3, -0.25) is 15.0 Å². The predicted molar refractivity (Wildman–Crippen MR) is 118 cm³/mol. The molecule has 0 saturated heterocycles. The van der Waals surface area contributed by atoms with Crippen LogP contribution in [0.4, 0.5) is 20.0 Å². The van der Waals surface area contributed by atoms with Crippen molar-refractivity contribution in [2.75, 3.05) is 22.5 Å². The molecule has 1 saturated carbocycles. The van der Waals surface area contributed by atoms with E-state index in [1.54, 1.807) is 6.07 Å². The fraction of sp³-hybridized carbons (Fsp3) is 0.421. The van der Waals surface area contributed by atoms with Gasteiger partial charge in [0.2, 0.25) is 0 Å². The van der Waals surface area contributed by atoms with Crippen LogP contribution in [0.25, 0.3) is 0 Å². The van der Waals surface area contributed by atoms with Crippen LogP contribution in [-0.2, 0) is 4.79 Å². The summed E-state index contributed by atoms with van der Waals surface area (Å²) in [5.74, 6) is -1.13. The molecule has 0 atom stereocenters. The standard InChI is InChI=1S/C19H21BrFN3O3S2/c1-11-6-15(14(21)7-13(11)20)24(9-12-4-2-3-5-12)19(27)23-18-22-8-17(29-18)28-10-16(25)26/h6-8,12H,2-5,9-10H2,1H3,(H,25,26)(H,22,23,27). The number of amides is 2. The third-order valence-corrected chi connectivity index (χ3v) is 7.66. The molecule has 1 aliphatic rings. The molecule has 1 aromatic carbocycles. The molecule has 1 aliphatic carbocycles. The Bertz CT molecular complexity index is 903. The number of carboxylic acids is 1. The smallest absolute Gasteiger partial charge is 0.328 e. The molecule has 0 aliphatic heterocycles. The number of urea groups is 1. The molecule has 29 heavy (non-hydrogen) atoms. The predicted octanol–water partition coefficient (Wildman–Crippen LogP) is 5.76. The molecule has 2 N–H and O–H groups in total. The minimum atomic E-state index is -0.919. The quantitative estimate of drug-likeness (QED) is 0.471. The fourth-order valence-electron chi connectivity index (χ4n) is 3.27. The number of hydrogen-bond acceptors (Lipinski definition) is 5. The Balaban J connectivity index is 1.79. The lowest BCUT2D eigenvalue weighted by Gasteiger charge is -2.26.